The average molecular weight is 478 g/mol. The SMILES string of the molecule is CN=C(NC1CCN(C(C)=O)CC1)NC1CC1c1c(F)cccc1F.I. The monoisotopic (exact) mass is 478 g/mol. The van der Waals surface area contributed by atoms with Gasteiger partial charge in [-0.25, -0.2) is 8.78 Å². The molecule has 2 unspecified atom stereocenters. The van der Waals surface area contributed by atoms with Crippen LogP contribution in [0.4, 0.5) is 8.78 Å². The summed E-state index contributed by atoms with van der Waals surface area (Å²) in [6.45, 7) is 3.05. The minimum absolute atomic E-state index is 0. The Bertz CT molecular complexity index is 657. The lowest BCUT2D eigenvalue weighted by Crippen LogP contribution is -2.50. The molecular weight excluding hydrogens is 453 g/mol. The summed E-state index contributed by atoms with van der Waals surface area (Å²) in [7, 11) is 1.68. The lowest BCUT2D eigenvalue weighted by Gasteiger charge is -2.32. The molecule has 1 aliphatic carbocycles. The number of rotatable bonds is 3. The third-order valence-electron chi connectivity index (χ3n) is 4.99. The van der Waals surface area contributed by atoms with Crippen LogP contribution in [-0.2, 0) is 4.79 Å². The first-order valence-electron chi connectivity index (χ1n) is 8.69. The van der Waals surface area contributed by atoms with Crippen LogP contribution in [0.3, 0.4) is 0 Å². The molecule has 5 nitrogen and oxygen atoms in total. The smallest absolute Gasteiger partial charge is 0.219 e. The molecule has 3 rings (SSSR count). The van der Waals surface area contributed by atoms with Gasteiger partial charge in [-0.3, -0.25) is 9.79 Å². The minimum Gasteiger partial charge on any atom is -0.354 e. The van der Waals surface area contributed by atoms with Crippen LogP contribution >= 0.6 is 24.0 Å². The van der Waals surface area contributed by atoms with Gasteiger partial charge in [0.2, 0.25) is 5.91 Å². The second-order valence-corrected chi connectivity index (χ2v) is 6.73. The Kier molecular flexibility index (Phi) is 7.19. The number of carbonyl (C=O) groups excluding carboxylic acids is 1. The summed E-state index contributed by atoms with van der Waals surface area (Å²) in [6, 6.07) is 4.19. The average Bonchev–Trinajstić information content (AvgIpc) is 3.33. The Morgan fingerprint density at radius 2 is 1.81 bits per heavy atom. The van der Waals surface area contributed by atoms with E-state index in [-0.39, 0.29) is 53.4 Å². The van der Waals surface area contributed by atoms with E-state index < -0.39 is 11.6 Å². The summed E-state index contributed by atoms with van der Waals surface area (Å²) in [5.41, 5.74) is 0.158. The molecule has 2 atom stereocenters. The van der Waals surface area contributed by atoms with Crippen molar-refractivity contribution in [2.24, 2.45) is 4.99 Å². The number of nitrogens with one attached hydrogen (secondary N) is 2. The normalized spacial score (nSPS) is 23.2. The predicted octanol–water partition coefficient (Wildman–Crippen LogP) is 2.61. The maximum Gasteiger partial charge on any atom is 0.219 e. The molecule has 0 spiro atoms. The highest BCUT2D eigenvalue weighted by Crippen LogP contribution is 2.43. The van der Waals surface area contributed by atoms with Gasteiger partial charge in [-0.1, -0.05) is 6.07 Å². The first kappa shape index (κ1) is 20.9. The molecule has 2 N–H and O–H groups in total. The van der Waals surface area contributed by atoms with Crippen molar-refractivity contribution in [2.45, 2.75) is 44.2 Å². The Hall–Kier alpha value is -1.45. The van der Waals surface area contributed by atoms with Crippen molar-refractivity contribution in [3.8, 4) is 0 Å². The van der Waals surface area contributed by atoms with Crippen molar-refractivity contribution >= 4 is 35.8 Å². The molecule has 26 heavy (non-hydrogen) atoms. The molecule has 144 valence electrons. The number of carbonyl (C=O) groups is 1. The number of aliphatic imine (C=N–C) groups is 1. The van der Waals surface area contributed by atoms with Crippen molar-refractivity contribution in [3.05, 3.63) is 35.4 Å². The first-order chi connectivity index (χ1) is 12.0. The molecule has 0 bridgehead atoms. The predicted molar refractivity (Wildman–Crippen MR) is 108 cm³/mol. The summed E-state index contributed by atoms with van der Waals surface area (Å²) >= 11 is 0. The molecule has 1 heterocycles. The van der Waals surface area contributed by atoms with Crippen molar-refractivity contribution < 1.29 is 13.6 Å². The van der Waals surface area contributed by atoms with Crippen LogP contribution in [0, 0.1) is 11.6 Å². The Morgan fingerprint density at radius 1 is 1.19 bits per heavy atom. The number of hydrogen-bond acceptors (Lipinski definition) is 2. The van der Waals surface area contributed by atoms with Crippen LogP contribution in [0.25, 0.3) is 0 Å². The van der Waals surface area contributed by atoms with Crippen molar-refractivity contribution in [3.63, 3.8) is 0 Å². The van der Waals surface area contributed by atoms with Crippen LogP contribution in [0.2, 0.25) is 0 Å². The fraction of sp³-hybridized carbons (Fsp3) is 0.556. The fourth-order valence-electron chi connectivity index (χ4n) is 3.42. The van der Waals surface area contributed by atoms with E-state index in [9.17, 15) is 13.6 Å². The standard InChI is InChI=1S/C18H24F2N4O.HI/c1-11(25)24-8-6-12(7-9-24)22-18(21-2)23-16-10-13(16)17-14(19)4-3-5-15(17)20;/h3-5,12-13,16H,6-10H2,1-2H3,(H2,21,22,23);1H. The molecule has 1 saturated carbocycles. The lowest BCUT2D eigenvalue weighted by atomic mass is 10.1. The molecule has 1 aromatic carbocycles. The molecule has 8 heteroatoms. The minimum atomic E-state index is -0.492. The maximum absolute atomic E-state index is 13.9. The third kappa shape index (κ3) is 4.83. The van der Waals surface area contributed by atoms with Crippen LogP contribution < -0.4 is 10.6 Å². The van der Waals surface area contributed by atoms with Crippen LogP contribution in [0.5, 0.6) is 0 Å². The molecule has 1 saturated heterocycles. The third-order valence-corrected chi connectivity index (χ3v) is 4.99. The van der Waals surface area contributed by atoms with E-state index in [1.54, 1.807) is 14.0 Å². The molecule has 1 aromatic rings. The Balaban J connectivity index is 0.00000243. The van der Waals surface area contributed by atoms with Gasteiger partial charge in [-0.2, -0.15) is 0 Å². The summed E-state index contributed by atoms with van der Waals surface area (Å²) in [4.78, 5) is 17.4. The van der Waals surface area contributed by atoms with Gasteiger partial charge in [0, 0.05) is 50.6 Å². The topological polar surface area (TPSA) is 56.7 Å². The van der Waals surface area contributed by atoms with E-state index in [4.69, 9.17) is 0 Å². The zero-order chi connectivity index (χ0) is 18.0. The number of piperidine rings is 1. The number of guanidine groups is 1. The summed E-state index contributed by atoms with van der Waals surface area (Å²) < 4.78 is 27.7. The van der Waals surface area contributed by atoms with E-state index in [1.807, 2.05) is 4.90 Å². The second-order valence-electron chi connectivity index (χ2n) is 6.73. The quantitative estimate of drug-likeness (QED) is 0.399. The number of nitrogens with zero attached hydrogens (tertiary/aromatic N) is 2. The van der Waals surface area contributed by atoms with Gasteiger partial charge in [0.15, 0.2) is 5.96 Å². The maximum atomic E-state index is 13.9. The highest BCUT2D eigenvalue weighted by molar-refractivity contribution is 14.0. The summed E-state index contributed by atoms with van der Waals surface area (Å²) in [5.74, 6) is -0.402. The highest BCUT2D eigenvalue weighted by Gasteiger charge is 2.42. The number of likely N-dealkylation sites (tertiary alicyclic amines) is 1. The van der Waals surface area contributed by atoms with Crippen molar-refractivity contribution in [1.29, 1.82) is 0 Å². The number of hydrogen-bond donors (Lipinski definition) is 2. The number of halogens is 3. The van der Waals surface area contributed by atoms with Crippen LogP contribution in [-0.4, -0.2) is 49.0 Å². The zero-order valence-corrected chi connectivity index (χ0v) is 17.3. The molecule has 0 aromatic heterocycles. The van der Waals surface area contributed by atoms with Gasteiger partial charge in [-0.15, -0.1) is 24.0 Å². The van der Waals surface area contributed by atoms with Gasteiger partial charge in [0.25, 0.3) is 0 Å². The van der Waals surface area contributed by atoms with Crippen LogP contribution in [0.15, 0.2) is 23.2 Å². The zero-order valence-electron chi connectivity index (χ0n) is 15.0. The van der Waals surface area contributed by atoms with Gasteiger partial charge >= 0.3 is 0 Å². The molecule has 0 radical (unpaired) electrons. The van der Waals surface area contributed by atoms with Gasteiger partial charge in [-0.05, 0) is 31.4 Å². The summed E-state index contributed by atoms with van der Waals surface area (Å²) in [6.07, 6.45) is 2.40. The van der Waals surface area contributed by atoms with E-state index in [0.29, 0.717) is 12.4 Å². The molecule has 1 amide bonds. The number of benzene rings is 1. The van der Waals surface area contributed by atoms with E-state index in [2.05, 4.69) is 15.6 Å². The molecule has 2 aliphatic rings. The first-order valence-corrected chi connectivity index (χ1v) is 8.69. The Morgan fingerprint density at radius 3 is 2.35 bits per heavy atom. The molecular formula is C18H25F2IN4O. The second kappa shape index (κ2) is 8.96. The Labute approximate surface area is 169 Å². The number of amides is 1. The molecule has 1 aliphatic heterocycles. The van der Waals surface area contributed by atoms with E-state index in [1.165, 1.54) is 18.2 Å². The van der Waals surface area contributed by atoms with Gasteiger partial charge < -0.3 is 15.5 Å². The lowest BCUT2D eigenvalue weighted by molar-refractivity contribution is -0.129. The van der Waals surface area contributed by atoms with Crippen molar-refractivity contribution in [1.82, 2.24) is 15.5 Å². The van der Waals surface area contributed by atoms with E-state index >= 15 is 0 Å². The highest BCUT2D eigenvalue weighted by atomic mass is 127. The molecule has 2 fully saturated rings. The van der Waals surface area contributed by atoms with E-state index in [0.717, 1.165) is 25.9 Å². The van der Waals surface area contributed by atoms with Gasteiger partial charge in [0.1, 0.15) is 11.6 Å². The summed E-state index contributed by atoms with van der Waals surface area (Å²) in [5, 5.41) is 6.60. The largest absolute Gasteiger partial charge is 0.354 e. The van der Waals surface area contributed by atoms with Gasteiger partial charge in [0.05, 0.1) is 0 Å². The van der Waals surface area contributed by atoms with Crippen molar-refractivity contribution in [2.75, 3.05) is 20.1 Å². The fourth-order valence-corrected chi connectivity index (χ4v) is 3.42. The van der Waals surface area contributed by atoms with Crippen LogP contribution in [0.1, 0.15) is 37.7 Å².